The zero-order chi connectivity index (χ0) is 95.8. The van der Waals surface area contributed by atoms with Gasteiger partial charge in [0.1, 0.15) is 38.3 Å². The fraction of sp³-hybridized carbons (Fsp3) is 0.355. The summed E-state index contributed by atoms with van der Waals surface area (Å²) in [5, 5.41) is 0. The van der Waals surface area contributed by atoms with Gasteiger partial charge in [0.25, 0.3) is 0 Å². The van der Waals surface area contributed by atoms with Crippen molar-refractivity contribution in [1.29, 1.82) is 0 Å². The van der Waals surface area contributed by atoms with E-state index in [-0.39, 0.29) is 77.9 Å². The molecule has 133 heavy (non-hydrogen) atoms. The molecule has 0 aromatic heterocycles. The number of carbonyl (C=O) groups excluding carboxylic acids is 11. The first kappa shape index (κ1) is 101. The molecule has 23 heteroatoms. The second-order valence-corrected chi connectivity index (χ2v) is 35.2. The average molecular weight is 1800 g/mol. The molecule has 10 aromatic carbocycles. The molecule has 0 aliphatic heterocycles. The number of nitrogens with two attached hydrogens (primary N) is 1. The van der Waals surface area contributed by atoms with E-state index >= 15 is 38.4 Å². The third-order valence-electron chi connectivity index (χ3n) is 25.4. The van der Waals surface area contributed by atoms with Crippen molar-refractivity contribution in [3.8, 4) is 0 Å². The van der Waals surface area contributed by atoms with Crippen LogP contribution < -0.4 is 5.73 Å². The van der Waals surface area contributed by atoms with Crippen LogP contribution in [0.15, 0.2) is 303 Å². The number of hydrogen-bond donors (Lipinski definition) is 1. The van der Waals surface area contributed by atoms with Gasteiger partial charge in [-0.15, -0.1) is 0 Å². The van der Waals surface area contributed by atoms with Gasteiger partial charge in [0.15, 0.2) is 0 Å². The Morgan fingerprint density at radius 2 is 0.346 bits per heavy atom. The van der Waals surface area contributed by atoms with Crippen molar-refractivity contribution in [3.63, 3.8) is 0 Å². The van der Waals surface area contributed by atoms with Crippen molar-refractivity contribution in [3.05, 3.63) is 359 Å². The van der Waals surface area contributed by atoms with Gasteiger partial charge in [-0.1, -0.05) is 303 Å². The highest BCUT2D eigenvalue weighted by Gasteiger charge is 2.39. The molecule has 0 saturated carbocycles. The maximum Gasteiger partial charge on any atom is 0.411 e. The van der Waals surface area contributed by atoms with E-state index in [0.29, 0.717) is 0 Å². The summed E-state index contributed by atoms with van der Waals surface area (Å²) in [6.45, 7) is 21.1. The quantitative estimate of drug-likeness (QED) is 0.0374. The third-order valence-corrected chi connectivity index (χ3v) is 25.4. The molecule has 0 fully saturated rings. The number of ether oxygens (including phenoxy) is 1. The molecular formula is C110H131N11O12. The number of carbonyl (C=O) groups is 11. The fourth-order valence-corrected chi connectivity index (χ4v) is 17.1. The Balaban J connectivity index is 0.929. The lowest BCUT2D eigenvalue weighted by molar-refractivity contribution is -0.148. The van der Waals surface area contributed by atoms with Crippen LogP contribution in [0.3, 0.4) is 0 Å². The molecule has 698 valence electrons. The second kappa shape index (κ2) is 49.4. The molecule has 0 spiro atoms. The monoisotopic (exact) mass is 1800 g/mol. The number of amides is 11. The molecule has 0 aliphatic rings. The molecular weight excluding hydrogens is 1670 g/mol. The van der Waals surface area contributed by atoms with Crippen molar-refractivity contribution in [1.82, 2.24) is 49.0 Å². The molecule has 23 nitrogen and oxygen atoms in total. The molecule has 0 saturated heterocycles. The summed E-state index contributed by atoms with van der Waals surface area (Å²) < 4.78 is 5.94. The summed E-state index contributed by atoms with van der Waals surface area (Å²) >= 11 is 0. The molecule has 0 radical (unpaired) electrons. The first-order valence-corrected chi connectivity index (χ1v) is 46.2. The van der Waals surface area contributed by atoms with E-state index in [1.165, 1.54) is 24.5 Å². The first-order valence-electron chi connectivity index (χ1n) is 46.2. The smallest absolute Gasteiger partial charge is 0.411 e. The van der Waals surface area contributed by atoms with Gasteiger partial charge in [0.05, 0.1) is 60.4 Å². The van der Waals surface area contributed by atoms with Gasteiger partial charge >= 0.3 is 6.09 Å². The topological polar surface area (TPSA) is 255 Å². The largest absolute Gasteiger partial charge is 0.444 e. The molecule has 0 heterocycles. The number of primary amides is 1. The molecule has 11 amide bonds. The highest BCUT2D eigenvalue weighted by Crippen LogP contribution is 2.34. The zero-order valence-corrected chi connectivity index (χ0v) is 79.2. The number of nitrogens with zero attached hydrogens (tertiary/aromatic N) is 10. The predicted octanol–water partition coefficient (Wildman–Crippen LogP) is 18.7. The van der Waals surface area contributed by atoms with Gasteiger partial charge in [0.2, 0.25) is 59.1 Å². The van der Waals surface area contributed by atoms with E-state index in [1.54, 1.807) is 45.3 Å². The van der Waals surface area contributed by atoms with E-state index < -0.39 is 151 Å². The highest BCUT2D eigenvalue weighted by atomic mass is 16.6. The summed E-state index contributed by atoms with van der Waals surface area (Å²) in [5.74, 6) is -4.72. The molecule has 2 N–H and O–H groups in total. The third kappa shape index (κ3) is 28.6. The Morgan fingerprint density at radius 1 is 0.211 bits per heavy atom. The van der Waals surface area contributed by atoms with Gasteiger partial charge < -0.3 is 54.6 Å². The van der Waals surface area contributed by atoms with Crippen LogP contribution >= 0.6 is 0 Å². The fourth-order valence-electron chi connectivity index (χ4n) is 17.1. The van der Waals surface area contributed by atoms with Gasteiger partial charge in [-0.25, -0.2) is 4.79 Å². The van der Waals surface area contributed by atoms with Crippen molar-refractivity contribution in [2.75, 3.05) is 65.4 Å². The lowest BCUT2D eigenvalue weighted by Crippen LogP contribution is -2.49. The summed E-state index contributed by atoms with van der Waals surface area (Å²) in [7, 11) is 0. The molecule has 10 atom stereocenters. The molecule has 0 aliphatic carbocycles. The molecule has 10 aromatic rings. The van der Waals surface area contributed by atoms with E-state index in [1.807, 2.05) is 373 Å². The highest BCUT2D eigenvalue weighted by molar-refractivity contribution is 5.91. The van der Waals surface area contributed by atoms with Crippen molar-refractivity contribution in [2.45, 2.75) is 188 Å². The van der Waals surface area contributed by atoms with Crippen LogP contribution in [0.5, 0.6) is 0 Å². The minimum Gasteiger partial charge on any atom is -0.444 e. The summed E-state index contributed by atoms with van der Waals surface area (Å²) in [6.07, 6.45) is -1.84. The maximum absolute atomic E-state index is 16.0. The SMILES string of the molecule is C[C@@H](c1ccccc1)N(CCC(N)=O)C(=O)CN(C(=O)CCN(C(=O)CN(C(=O)CCN(C(=O)CN(C(=O)CCN(C(=O)CN(C(=O)CCN(C(=O)CN(C(=O)OC(C)(C)C)[C@@H](C)c1ccccc1)[C@@H](C)c1ccccc1)[C@@H](C)c1ccccc1)[C@@H](C)c1ccccc1)[C@@H](C)c1ccccc1)[C@@H](C)c1ccccc1)[C@@H](C)c1ccccc1)[C@@H](C)c1ccccc1)[C@@H](C)c1ccccc1. The minimum atomic E-state index is -0.892. The van der Waals surface area contributed by atoms with Crippen LogP contribution in [0.4, 0.5) is 4.79 Å². The average Bonchev–Trinajstić information content (AvgIpc) is 0.826. The van der Waals surface area contributed by atoms with E-state index in [2.05, 4.69) is 0 Å². The van der Waals surface area contributed by atoms with E-state index in [9.17, 15) is 14.4 Å². The van der Waals surface area contributed by atoms with Gasteiger partial charge in [-0.3, -0.25) is 52.8 Å². The van der Waals surface area contributed by atoms with E-state index in [4.69, 9.17) is 10.5 Å². The molecule has 0 bridgehead atoms. The van der Waals surface area contributed by atoms with Gasteiger partial charge in [-0.05, 0) is 146 Å². The van der Waals surface area contributed by atoms with Crippen LogP contribution in [-0.4, -0.2) is 185 Å². The number of rotatable bonds is 45. The van der Waals surface area contributed by atoms with Crippen LogP contribution in [0, 0.1) is 0 Å². The second-order valence-electron chi connectivity index (χ2n) is 35.2. The van der Waals surface area contributed by atoms with Gasteiger partial charge in [0, 0.05) is 64.8 Å². The maximum atomic E-state index is 16.0. The summed E-state index contributed by atoms with van der Waals surface area (Å²) in [6, 6.07) is 87.2. The zero-order valence-electron chi connectivity index (χ0n) is 79.2. The van der Waals surface area contributed by atoms with Crippen LogP contribution in [0.25, 0.3) is 0 Å². The predicted molar refractivity (Wildman–Crippen MR) is 519 cm³/mol. The normalized spacial score (nSPS) is 13.5. The Morgan fingerprint density at radius 3 is 0.496 bits per heavy atom. The van der Waals surface area contributed by atoms with Crippen LogP contribution in [-0.2, 0) is 52.7 Å². The van der Waals surface area contributed by atoms with Gasteiger partial charge in [-0.2, -0.15) is 0 Å². The first-order chi connectivity index (χ1) is 63.8. The molecule has 10 rings (SSSR count). The standard InChI is InChI=1S/C110H131N11O12/c1-79(89-44-24-14-25-45-89)112(69-64-99(111)122)104(127)74-117(84(6)94-54-34-19-35-55-94)100(123)65-70-113(80(2)90-46-26-15-27-47-90)105(128)75-118(85(7)95-56-36-20-37-57-95)101(124)66-71-114(81(3)91-48-28-16-29-49-91)106(129)76-119(86(8)96-58-38-21-39-59-96)102(125)67-72-115(82(4)92-50-30-17-31-51-92)107(130)77-120(87(9)97-60-40-22-41-61-97)103(126)68-73-116(83(5)93-52-32-18-33-53-93)108(131)78-121(109(132)133-110(11,12)13)88(10)98-62-42-23-43-63-98/h14-63,79-88H,64-78H2,1-13H3,(H2,111,122)/t79-,80-,81-,82-,83-,84-,85-,86-,87-,88-/m0/s1. The Hall–Kier alpha value is -13.8. The minimum absolute atomic E-state index is 0.00474. The van der Waals surface area contributed by atoms with Crippen molar-refractivity contribution in [2.24, 2.45) is 5.73 Å². The molecule has 0 unspecified atom stereocenters. The van der Waals surface area contributed by atoms with Crippen molar-refractivity contribution < 1.29 is 57.5 Å². The Kier molecular flexibility index (Phi) is 37.6. The summed E-state index contributed by atoms with van der Waals surface area (Å²) in [5.41, 5.74) is 12.4. The Labute approximate surface area is 785 Å². The van der Waals surface area contributed by atoms with Crippen LogP contribution in [0.2, 0.25) is 0 Å². The number of benzene rings is 10. The summed E-state index contributed by atoms with van der Waals surface area (Å²) in [4.78, 5) is 183. The van der Waals surface area contributed by atoms with Crippen molar-refractivity contribution >= 4 is 65.2 Å². The Bertz CT molecular complexity index is 5400. The van der Waals surface area contributed by atoms with Crippen LogP contribution in [0.1, 0.15) is 238 Å². The lowest BCUT2D eigenvalue weighted by atomic mass is 10.0. The van der Waals surface area contributed by atoms with E-state index in [0.717, 1.165) is 55.6 Å². The number of hydrogen-bond acceptors (Lipinski definition) is 12. The lowest BCUT2D eigenvalue weighted by Gasteiger charge is -2.37.